The molecular weight excluding hydrogens is 306 g/mol. The van der Waals surface area contributed by atoms with E-state index in [0.717, 1.165) is 34.8 Å². The molecule has 0 unspecified atom stereocenters. The molecule has 0 aliphatic carbocycles. The molecule has 24 heavy (non-hydrogen) atoms. The summed E-state index contributed by atoms with van der Waals surface area (Å²) in [5.41, 5.74) is 2.90. The van der Waals surface area contributed by atoms with Crippen LogP contribution in [0.1, 0.15) is 21.5 Å². The van der Waals surface area contributed by atoms with Crippen LogP contribution in [0.25, 0.3) is 0 Å². The molecule has 2 aromatic rings. The maximum atomic E-state index is 12.2. The van der Waals surface area contributed by atoms with Gasteiger partial charge in [-0.05, 0) is 60.9 Å². The van der Waals surface area contributed by atoms with Gasteiger partial charge in [-0.2, -0.15) is 0 Å². The van der Waals surface area contributed by atoms with Crippen LogP contribution in [0.5, 0.6) is 17.2 Å². The summed E-state index contributed by atoms with van der Waals surface area (Å²) in [6.07, 6.45) is 0.740. The normalized spacial score (nSPS) is 12.6. The highest BCUT2D eigenvalue weighted by molar-refractivity contribution is 5.94. The number of nitrogens with one attached hydrogen (secondary N) is 1. The first-order valence-electron chi connectivity index (χ1n) is 7.99. The third kappa shape index (κ3) is 3.62. The zero-order valence-corrected chi connectivity index (χ0v) is 13.9. The summed E-state index contributed by atoms with van der Waals surface area (Å²) >= 11 is 0. The minimum absolute atomic E-state index is 0.0900. The van der Waals surface area contributed by atoms with E-state index in [0.29, 0.717) is 25.3 Å². The lowest BCUT2D eigenvalue weighted by Gasteiger charge is -2.20. The van der Waals surface area contributed by atoms with Crippen LogP contribution in [-0.2, 0) is 6.42 Å². The van der Waals surface area contributed by atoms with Crippen molar-refractivity contribution in [3.8, 4) is 17.2 Å². The lowest BCUT2D eigenvalue weighted by molar-refractivity contribution is 0.0954. The number of ether oxygens (including phenoxy) is 3. The molecule has 2 aromatic carbocycles. The Labute approximate surface area is 141 Å². The highest BCUT2D eigenvalue weighted by Gasteiger charge is 2.14. The van der Waals surface area contributed by atoms with E-state index in [-0.39, 0.29) is 5.91 Å². The molecule has 0 atom stereocenters. The van der Waals surface area contributed by atoms with Crippen LogP contribution in [0.15, 0.2) is 36.4 Å². The molecular formula is C19H21NO4. The van der Waals surface area contributed by atoms with Crippen LogP contribution in [-0.4, -0.2) is 32.8 Å². The molecule has 0 saturated carbocycles. The molecule has 126 valence electrons. The Morgan fingerprint density at radius 3 is 2.46 bits per heavy atom. The molecule has 5 heteroatoms. The zero-order chi connectivity index (χ0) is 16.9. The summed E-state index contributed by atoms with van der Waals surface area (Å²) in [5, 5.41) is 2.94. The number of rotatable bonds is 5. The number of carbonyl (C=O) groups is 1. The first-order valence-corrected chi connectivity index (χ1v) is 7.99. The Balaban J connectivity index is 1.58. The van der Waals surface area contributed by atoms with Gasteiger partial charge >= 0.3 is 0 Å². The molecule has 5 nitrogen and oxygen atoms in total. The molecule has 1 N–H and O–H groups in total. The van der Waals surface area contributed by atoms with Gasteiger partial charge in [-0.25, -0.2) is 0 Å². The van der Waals surface area contributed by atoms with E-state index < -0.39 is 0 Å². The quantitative estimate of drug-likeness (QED) is 0.917. The summed E-state index contributed by atoms with van der Waals surface area (Å²) in [4.78, 5) is 12.2. The predicted octanol–water partition coefficient (Wildman–Crippen LogP) is 2.75. The summed E-state index contributed by atoms with van der Waals surface area (Å²) < 4.78 is 16.3. The van der Waals surface area contributed by atoms with Gasteiger partial charge in [0.05, 0.1) is 7.11 Å². The molecule has 1 aliphatic heterocycles. The molecule has 3 rings (SSSR count). The third-order valence-electron chi connectivity index (χ3n) is 4.03. The minimum Gasteiger partial charge on any atom is -0.497 e. The molecule has 0 aromatic heterocycles. The van der Waals surface area contributed by atoms with Crippen molar-refractivity contribution in [1.29, 1.82) is 0 Å². The van der Waals surface area contributed by atoms with E-state index in [9.17, 15) is 4.79 Å². The van der Waals surface area contributed by atoms with Gasteiger partial charge in [0.2, 0.25) is 0 Å². The standard InChI is InChI=1S/C19H21NO4/c1-13-11-17-18(24-10-9-23-17)12-15(13)7-8-20-19(21)14-3-5-16(22-2)6-4-14/h3-6,11-12H,7-10H2,1-2H3,(H,20,21). The molecule has 1 heterocycles. The van der Waals surface area contributed by atoms with E-state index in [2.05, 4.69) is 5.32 Å². The molecule has 0 saturated heterocycles. The highest BCUT2D eigenvalue weighted by atomic mass is 16.6. The summed E-state index contributed by atoms with van der Waals surface area (Å²) in [6.45, 7) is 3.76. The average Bonchev–Trinajstić information content (AvgIpc) is 2.62. The molecule has 1 aliphatic rings. The van der Waals surface area contributed by atoms with Crippen molar-refractivity contribution in [3.63, 3.8) is 0 Å². The number of methoxy groups -OCH3 is 1. The van der Waals surface area contributed by atoms with Gasteiger partial charge in [0.1, 0.15) is 19.0 Å². The fourth-order valence-corrected chi connectivity index (χ4v) is 2.66. The van der Waals surface area contributed by atoms with Crippen LogP contribution >= 0.6 is 0 Å². The number of fused-ring (bicyclic) bond motifs is 1. The minimum atomic E-state index is -0.0900. The lowest BCUT2D eigenvalue weighted by atomic mass is 10.0. The van der Waals surface area contributed by atoms with Gasteiger partial charge in [-0.3, -0.25) is 4.79 Å². The fourth-order valence-electron chi connectivity index (χ4n) is 2.66. The summed E-state index contributed by atoms with van der Waals surface area (Å²) in [5.74, 6) is 2.22. The topological polar surface area (TPSA) is 56.8 Å². The average molecular weight is 327 g/mol. The lowest BCUT2D eigenvalue weighted by Crippen LogP contribution is -2.26. The predicted molar refractivity (Wildman–Crippen MR) is 91.2 cm³/mol. The summed E-state index contributed by atoms with van der Waals surface area (Å²) in [7, 11) is 1.60. The zero-order valence-electron chi connectivity index (χ0n) is 13.9. The van der Waals surface area contributed by atoms with Crippen molar-refractivity contribution in [2.45, 2.75) is 13.3 Å². The van der Waals surface area contributed by atoms with E-state index in [1.54, 1.807) is 31.4 Å². The van der Waals surface area contributed by atoms with E-state index >= 15 is 0 Å². The first-order chi connectivity index (χ1) is 11.7. The fraction of sp³-hybridized carbons (Fsp3) is 0.316. The van der Waals surface area contributed by atoms with Gasteiger partial charge in [0.25, 0.3) is 5.91 Å². The van der Waals surface area contributed by atoms with Crippen LogP contribution in [0.2, 0.25) is 0 Å². The van der Waals surface area contributed by atoms with E-state index in [1.165, 1.54) is 0 Å². The maximum absolute atomic E-state index is 12.2. The Kier molecular flexibility index (Phi) is 4.89. The molecule has 0 bridgehead atoms. The van der Waals surface area contributed by atoms with Gasteiger partial charge in [0.15, 0.2) is 11.5 Å². The third-order valence-corrected chi connectivity index (χ3v) is 4.03. The number of hydrogen-bond acceptors (Lipinski definition) is 4. The van der Waals surface area contributed by atoms with Crippen LogP contribution < -0.4 is 19.5 Å². The van der Waals surface area contributed by atoms with E-state index in [1.807, 2.05) is 19.1 Å². The SMILES string of the molecule is COc1ccc(C(=O)NCCc2cc3c(cc2C)OCCO3)cc1. The van der Waals surface area contributed by atoms with Crippen molar-refractivity contribution in [2.75, 3.05) is 26.9 Å². The Morgan fingerprint density at radius 2 is 1.79 bits per heavy atom. The smallest absolute Gasteiger partial charge is 0.251 e. The molecule has 0 radical (unpaired) electrons. The van der Waals surface area contributed by atoms with Crippen LogP contribution in [0, 0.1) is 6.92 Å². The first kappa shape index (κ1) is 16.2. The number of carbonyl (C=O) groups excluding carboxylic acids is 1. The molecule has 0 fully saturated rings. The Bertz CT molecular complexity index is 725. The summed E-state index contributed by atoms with van der Waals surface area (Å²) in [6, 6.07) is 11.1. The number of hydrogen-bond donors (Lipinski definition) is 1. The second-order valence-corrected chi connectivity index (χ2v) is 5.66. The monoisotopic (exact) mass is 327 g/mol. The van der Waals surface area contributed by atoms with E-state index in [4.69, 9.17) is 14.2 Å². The molecule has 1 amide bonds. The van der Waals surface area contributed by atoms with Gasteiger partial charge in [-0.1, -0.05) is 0 Å². The van der Waals surface area contributed by atoms with Gasteiger partial charge < -0.3 is 19.5 Å². The Hall–Kier alpha value is -2.69. The van der Waals surface area contributed by atoms with Crippen molar-refractivity contribution in [3.05, 3.63) is 53.1 Å². The van der Waals surface area contributed by atoms with Crippen LogP contribution in [0.3, 0.4) is 0 Å². The van der Waals surface area contributed by atoms with Crippen molar-refractivity contribution < 1.29 is 19.0 Å². The molecule has 0 spiro atoms. The van der Waals surface area contributed by atoms with Crippen molar-refractivity contribution in [2.24, 2.45) is 0 Å². The highest BCUT2D eigenvalue weighted by Crippen LogP contribution is 2.33. The van der Waals surface area contributed by atoms with Crippen LogP contribution in [0.4, 0.5) is 0 Å². The maximum Gasteiger partial charge on any atom is 0.251 e. The van der Waals surface area contributed by atoms with Gasteiger partial charge in [0, 0.05) is 12.1 Å². The second kappa shape index (κ2) is 7.25. The van der Waals surface area contributed by atoms with Gasteiger partial charge in [-0.15, -0.1) is 0 Å². The van der Waals surface area contributed by atoms with Crippen molar-refractivity contribution in [1.82, 2.24) is 5.32 Å². The number of benzene rings is 2. The number of aryl methyl sites for hydroxylation is 1. The van der Waals surface area contributed by atoms with Crippen molar-refractivity contribution >= 4 is 5.91 Å². The Morgan fingerprint density at radius 1 is 1.12 bits per heavy atom. The second-order valence-electron chi connectivity index (χ2n) is 5.66. The largest absolute Gasteiger partial charge is 0.497 e. The number of amides is 1.